The van der Waals surface area contributed by atoms with Crippen LogP contribution in [0, 0.1) is 0 Å². The molecule has 2 aromatic heterocycles. The number of carbonyl (C=O) groups excluding carboxylic acids is 2. The molecule has 2 N–H and O–H groups in total. The molecule has 1 fully saturated rings. The Morgan fingerprint density at radius 1 is 0.815 bits per heavy atom. The van der Waals surface area contributed by atoms with Crippen LogP contribution in [0.2, 0.25) is 0 Å². The van der Waals surface area contributed by atoms with Gasteiger partial charge in [0.2, 0.25) is 0 Å². The van der Waals surface area contributed by atoms with Crippen molar-refractivity contribution in [1.29, 1.82) is 0 Å². The molecule has 7 nitrogen and oxygen atoms in total. The molecule has 5 rings (SSSR count). The molecule has 3 aromatic rings. The molecule has 2 aliphatic carbocycles. The molecule has 2 bridgehead atoms. The van der Waals surface area contributed by atoms with Crippen molar-refractivity contribution in [3.63, 3.8) is 0 Å². The average Bonchev–Trinajstić information content (AvgIpc) is 3.33. The number of hydrogen-bond donors (Lipinski definition) is 2. The number of rotatable bonds is 2. The SMILES string of the molecule is O=C(NNC(=O)c1ccc2nc3c(nc2c1)C1CCC3C1)c1ccncc1. The fourth-order valence-corrected chi connectivity index (χ4v) is 4.06. The zero-order valence-electron chi connectivity index (χ0n) is 14.5. The van der Waals surface area contributed by atoms with E-state index in [1.807, 2.05) is 6.07 Å². The molecule has 0 saturated heterocycles. The van der Waals surface area contributed by atoms with Crippen LogP contribution in [-0.2, 0) is 0 Å². The first-order chi connectivity index (χ1) is 13.2. The van der Waals surface area contributed by atoms with Crippen molar-refractivity contribution in [2.24, 2.45) is 0 Å². The molecule has 1 saturated carbocycles. The van der Waals surface area contributed by atoms with Gasteiger partial charge in [0.1, 0.15) is 0 Å². The molecule has 1 aromatic carbocycles. The number of nitrogens with one attached hydrogen (secondary N) is 2. The number of amides is 2. The largest absolute Gasteiger partial charge is 0.269 e. The highest BCUT2D eigenvalue weighted by Gasteiger charge is 2.39. The van der Waals surface area contributed by atoms with E-state index in [0.717, 1.165) is 28.8 Å². The number of hydrogen-bond acceptors (Lipinski definition) is 5. The first-order valence-corrected chi connectivity index (χ1v) is 9.01. The number of pyridine rings is 1. The molecular formula is C20H17N5O2. The van der Waals surface area contributed by atoms with E-state index < -0.39 is 11.8 Å². The van der Waals surface area contributed by atoms with Crippen LogP contribution in [0.25, 0.3) is 11.0 Å². The Morgan fingerprint density at radius 2 is 1.44 bits per heavy atom. The van der Waals surface area contributed by atoms with Gasteiger partial charge in [-0.1, -0.05) is 0 Å². The van der Waals surface area contributed by atoms with Gasteiger partial charge in [0.15, 0.2) is 0 Å². The molecule has 0 spiro atoms. The molecule has 2 amide bonds. The van der Waals surface area contributed by atoms with E-state index >= 15 is 0 Å². The zero-order chi connectivity index (χ0) is 18.4. The Hall–Kier alpha value is -3.35. The van der Waals surface area contributed by atoms with E-state index in [4.69, 9.17) is 9.97 Å². The maximum atomic E-state index is 12.4. The second-order valence-electron chi connectivity index (χ2n) is 7.05. The van der Waals surface area contributed by atoms with Gasteiger partial charge in [-0.05, 0) is 49.6 Å². The first-order valence-electron chi connectivity index (χ1n) is 9.01. The third kappa shape index (κ3) is 2.71. The van der Waals surface area contributed by atoms with Crippen LogP contribution in [0.15, 0.2) is 42.7 Å². The lowest BCUT2D eigenvalue weighted by Gasteiger charge is -2.14. The molecule has 134 valence electrons. The number of hydrazine groups is 1. The smallest absolute Gasteiger partial charge is 0.267 e. The Morgan fingerprint density at radius 3 is 2.15 bits per heavy atom. The van der Waals surface area contributed by atoms with E-state index in [0.29, 0.717) is 23.0 Å². The van der Waals surface area contributed by atoms with Crippen LogP contribution in [0.5, 0.6) is 0 Å². The second kappa shape index (κ2) is 6.12. The number of benzene rings is 1. The highest BCUT2D eigenvalue weighted by molar-refractivity contribution is 6.00. The van der Waals surface area contributed by atoms with Crippen LogP contribution >= 0.6 is 0 Å². The predicted octanol–water partition coefficient (Wildman–Crippen LogP) is 2.46. The van der Waals surface area contributed by atoms with Gasteiger partial charge in [-0.2, -0.15) is 0 Å². The first kappa shape index (κ1) is 15.9. The van der Waals surface area contributed by atoms with Gasteiger partial charge < -0.3 is 0 Å². The minimum Gasteiger partial charge on any atom is -0.267 e. The summed E-state index contributed by atoms with van der Waals surface area (Å²) in [7, 11) is 0. The maximum absolute atomic E-state index is 12.4. The van der Waals surface area contributed by atoms with E-state index in [2.05, 4.69) is 15.8 Å². The summed E-state index contributed by atoms with van der Waals surface area (Å²) >= 11 is 0. The fourth-order valence-electron chi connectivity index (χ4n) is 4.06. The molecule has 2 heterocycles. The predicted molar refractivity (Wildman–Crippen MR) is 98.0 cm³/mol. The fraction of sp³-hybridized carbons (Fsp3) is 0.250. The molecule has 7 heteroatoms. The van der Waals surface area contributed by atoms with Gasteiger partial charge in [0.25, 0.3) is 11.8 Å². The molecule has 2 aliphatic rings. The van der Waals surface area contributed by atoms with E-state index in [9.17, 15) is 9.59 Å². The van der Waals surface area contributed by atoms with Gasteiger partial charge in [-0.25, -0.2) is 9.97 Å². The molecule has 0 radical (unpaired) electrons. The molecule has 2 atom stereocenters. The van der Waals surface area contributed by atoms with Crippen LogP contribution < -0.4 is 10.9 Å². The zero-order valence-corrected chi connectivity index (χ0v) is 14.5. The summed E-state index contributed by atoms with van der Waals surface area (Å²) in [5.41, 5.74) is 9.44. The Balaban J connectivity index is 1.35. The third-order valence-corrected chi connectivity index (χ3v) is 5.42. The summed E-state index contributed by atoms with van der Waals surface area (Å²) in [6, 6.07) is 8.38. The number of aromatic nitrogens is 3. The summed E-state index contributed by atoms with van der Waals surface area (Å²) in [4.78, 5) is 37.8. The normalized spacial score (nSPS) is 19.7. The minimum atomic E-state index is -0.403. The van der Waals surface area contributed by atoms with Gasteiger partial charge in [0.05, 0.1) is 22.4 Å². The highest BCUT2D eigenvalue weighted by atomic mass is 16.2. The summed E-state index contributed by atoms with van der Waals surface area (Å²) in [5, 5.41) is 0. The molecule has 0 aliphatic heterocycles. The lowest BCUT2D eigenvalue weighted by Crippen LogP contribution is -2.41. The molecule has 2 unspecified atom stereocenters. The highest BCUT2D eigenvalue weighted by Crippen LogP contribution is 2.51. The third-order valence-electron chi connectivity index (χ3n) is 5.42. The van der Waals surface area contributed by atoms with Crippen LogP contribution in [0.4, 0.5) is 0 Å². The lowest BCUT2D eigenvalue weighted by atomic mass is 10.00. The van der Waals surface area contributed by atoms with E-state index in [-0.39, 0.29) is 0 Å². The monoisotopic (exact) mass is 359 g/mol. The van der Waals surface area contributed by atoms with Crippen molar-refractivity contribution < 1.29 is 9.59 Å². The topological polar surface area (TPSA) is 96.9 Å². The Bertz CT molecular complexity index is 1070. The van der Waals surface area contributed by atoms with Crippen molar-refractivity contribution >= 4 is 22.8 Å². The second-order valence-corrected chi connectivity index (χ2v) is 7.05. The quantitative estimate of drug-likeness (QED) is 0.685. The standard InChI is InChI=1S/C20H17N5O2/c26-19(11-5-7-21-8-6-11)24-25-20(27)14-3-4-15-16(10-14)23-18-13-2-1-12(9-13)17(18)22-15/h3-8,10,12-13H,1-2,9H2,(H,24,26)(H,25,27). The van der Waals surface area contributed by atoms with Crippen molar-refractivity contribution in [3.05, 3.63) is 65.2 Å². The number of fused-ring (bicyclic) bond motifs is 6. The summed E-state index contributed by atoms with van der Waals surface area (Å²) < 4.78 is 0. The summed E-state index contributed by atoms with van der Waals surface area (Å²) in [5.74, 6) is 0.260. The Kier molecular flexibility index (Phi) is 3.60. The number of nitrogens with zero attached hydrogens (tertiary/aromatic N) is 3. The van der Waals surface area contributed by atoms with Gasteiger partial charge >= 0.3 is 0 Å². The van der Waals surface area contributed by atoms with Crippen LogP contribution in [-0.4, -0.2) is 26.8 Å². The summed E-state index contributed by atoms with van der Waals surface area (Å²) in [6.07, 6.45) is 6.57. The van der Waals surface area contributed by atoms with Crippen molar-refractivity contribution in [1.82, 2.24) is 25.8 Å². The molecular weight excluding hydrogens is 342 g/mol. The Labute approximate surface area is 155 Å². The van der Waals surface area contributed by atoms with Crippen molar-refractivity contribution in [3.8, 4) is 0 Å². The summed E-state index contributed by atoms with van der Waals surface area (Å²) in [6.45, 7) is 0. The number of carbonyl (C=O) groups is 2. The van der Waals surface area contributed by atoms with Crippen LogP contribution in [0.1, 0.15) is 63.2 Å². The average molecular weight is 359 g/mol. The maximum Gasteiger partial charge on any atom is 0.269 e. The van der Waals surface area contributed by atoms with Gasteiger partial charge in [-0.15, -0.1) is 0 Å². The van der Waals surface area contributed by atoms with E-state index in [1.165, 1.54) is 25.2 Å². The lowest BCUT2D eigenvalue weighted by molar-refractivity contribution is 0.0846. The van der Waals surface area contributed by atoms with E-state index in [1.54, 1.807) is 24.3 Å². The van der Waals surface area contributed by atoms with Gasteiger partial charge in [0, 0.05) is 35.4 Å². The van der Waals surface area contributed by atoms with Crippen molar-refractivity contribution in [2.75, 3.05) is 0 Å². The molecule has 27 heavy (non-hydrogen) atoms. The minimum absolute atomic E-state index is 0.400. The van der Waals surface area contributed by atoms with Crippen molar-refractivity contribution in [2.45, 2.75) is 31.1 Å². The van der Waals surface area contributed by atoms with Crippen LogP contribution in [0.3, 0.4) is 0 Å². The van der Waals surface area contributed by atoms with Gasteiger partial charge in [-0.3, -0.25) is 25.4 Å².